The third kappa shape index (κ3) is 6.47. The Morgan fingerprint density at radius 1 is 1.00 bits per heavy atom. The van der Waals surface area contributed by atoms with Crippen molar-refractivity contribution in [1.29, 1.82) is 0 Å². The maximum atomic E-state index is 12.1. The summed E-state index contributed by atoms with van der Waals surface area (Å²) in [7, 11) is 1.60. The van der Waals surface area contributed by atoms with Crippen LogP contribution in [0, 0.1) is 0 Å². The number of benzene rings is 2. The molecule has 0 aliphatic carbocycles. The fraction of sp³-hybridized carbons (Fsp3) is 0.250. The van der Waals surface area contributed by atoms with Gasteiger partial charge in [0.1, 0.15) is 5.75 Å². The molecule has 0 heterocycles. The molecule has 0 radical (unpaired) electrons. The van der Waals surface area contributed by atoms with Crippen molar-refractivity contribution in [3.63, 3.8) is 0 Å². The van der Waals surface area contributed by atoms with Crippen LogP contribution in [0.2, 0.25) is 0 Å². The summed E-state index contributed by atoms with van der Waals surface area (Å²) in [6.45, 7) is 0.0651. The monoisotopic (exact) mass is 370 g/mol. The van der Waals surface area contributed by atoms with Gasteiger partial charge in [0, 0.05) is 24.2 Å². The molecule has 2 aromatic rings. The van der Waals surface area contributed by atoms with E-state index in [1.165, 1.54) is 0 Å². The van der Waals surface area contributed by atoms with Gasteiger partial charge in [-0.3, -0.25) is 14.4 Å². The lowest BCUT2D eigenvalue weighted by molar-refractivity contribution is -0.136. The number of anilines is 1. The first-order valence-corrected chi connectivity index (χ1v) is 8.51. The van der Waals surface area contributed by atoms with E-state index in [1.54, 1.807) is 31.4 Å². The molecule has 7 nitrogen and oxygen atoms in total. The third-order valence-electron chi connectivity index (χ3n) is 3.87. The number of carboxylic acids is 1. The first-order valence-electron chi connectivity index (χ1n) is 8.51. The van der Waals surface area contributed by atoms with Crippen LogP contribution in [0.25, 0.3) is 0 Å². The van der Waals surface area contributed by atoms with Gasteiger partial charge in [0.15, 0.2) is 0 Å². The van der Waals surface area contributed by atoms with Crippen molar-refractivity contribution in [3.05, 3.63) is 59.7 Å². The molecule has 7 heteroatoms. The second-order valence-electron chi connectivity index (χ2n) is 5.84. The van der Waals surface area contributed by atoms with Gasteiger partial charge in [-0.05, 0) is 42.3 Å². The molecule has 0 spiro atoms. The highest BCUT2D eigenvalue weighted by atomic mass is 16.5. The lowest BCUT2D eigenvalue weighted by Gasteiger charge is -2.09. The predicted octanol–water partition coefficient (Wildman–Crippen LogP) is 2.47. The number of rotatable bonds is 9. The molecule has 2 amide bonds. The molecule has 0 aliphatic rings. The minimum Gasteiger partial charge on any atom is -0.496 e. The maximum Gasteiger partial charge on any atom is 0.305 e. The number of aryl methyl sites for hydroxylation is 1. The van der Waals surface area contributed by atoms with Gasteiger partial charge in [0.05, 0.1) is 13.5 Å². The minimum atomic E-state index is -0.971. The molecular weight excluding hydrogens is 348 g/mol. The molecule has 0 bridgehead atoms. The second-order valence-corrected chi connectivity index (χ2v) is 5.84. The molecule has 0 fully saturated rings. The van der Waals surface area contributed by atoms with Crippen molar-refractivity contribution < 1.29 is 24.2 Å². The Labute approximate surface area is 157 Å². The van der Waals surface area contributed by atoms with Crippen LogP contribution in [0.1, 0.15) is 28.8 Å². The van der Waals surface area contributed by atoms with Crippen LogP contribution in [0.5, 0.6) is 5.75 Å². The van der Waals surface area contributed by atoms with Gasteiger partial charge in [-0.1, -0.05) is 18.2 Å². The first-order chi connectivity index (χ1) is 13.0. The largest absolute Gasteiger partial charge is 0.496 e. The number of para-hydroxylation sites is 1. The standard InChI is InChI=1S/C20H22N2O5/c1-27-17-5-3-2-4-14(17)8-11-18(23)22-16-9-6-15(7-10-16)20(26)21-13-12-19(24)25/h2-7,9-10H,8,11-13H2,1H3,(H,21,26)(H,22,23)(H,24,25). The Kier molecular flexibility index (Phi) is 7.37. The normalized spacial score (nSPS) is 10.1. The molecule has 0 unspecified atom stereocenters. The number of carboxylic acid groups (broad SMARTS) is 1. The van der Waals surface area contributed by atoms with Crippen molar-refractivity contribution in [2.75, 3.05) is 19.0 Å². The summed E-state index contributed by atoms with van der Waals surface area (Å²) in [5.74, 6) is -0.713. The minimum absolute atomic E-state index is 0.0651. The number of carbonyl (C=O) groups is 3. The SMILES string of the molecule is COc1ccccc1CCC(=O)Nc1ccc(C(=O)NCCC(=O)O)cc1. The van der Waals surface area contributed by atoms with E-state index >= 15 is 0 Å². The highest BCUT2D eigenvalue weighted by Gasteiger charge is 2.09. The van der Waals surface area contributed by atoms with Gasteiger partial charge in [-0.25, -0.2) is 0 Å². The van der Waals surface area contributed by atoms with Gasteiger partial charge in [-0.15, -0.1) is 0 Å². The molecule has 142 valence electrons. The van der Waals surface area contributed by atoms with E-state index in [9.17, 15) is 14.4 Å². The van der Waals surface area contributed by atoms with Crippen LogP contribution in [0.3, 0.4) is 0 Å². The highest BCUT2D eigenvalue weighted by Crippen LogP contribution is 2.19. The van der Waals surface area contributed by atoms with E-state index in [0.717, 1.165) is 11.3 Å². The maximum absolute atomic E-state index is 12.1. The Morgan fingerprint density at radius 3 is 2.37 bits per heavy atom. The molecule has 0 atom stereocenters. The van der Waals surface area contributed by atoms with Crippen molar-refractivity contribution in [2.45, 2.75) is 19.3 Å². The molecule has 0 aliphatic heterocycles. The summed E-state index contributed by atoms with van der Waals surface area (Å²) in [5, 5.41) is 13.9. The van der Waals surface area contributed by atoms with Gasteiger partial charge in [-0.2, -0.15) is 0 Å². The van der Waals surface area contributed by atoms with Crippen LogP contribution in [0.15, 0.2) is 48.5 Å². The van der Waals surface area contributed by atoms with Gasteiger partial charge in [0.25, 0.3) is 5.91 Å². The van der Waals surface area contributed by atoms with Crippen LogP contribution in [-0.4, -0.2) is 36.5 Å². The average molecular weight is 370 g/mol. The Morgan fingerprint density at radius 2 is 1.70 bits per heavy atom. The molecule has 3 N–H and O–H groups in total. The van der Waals surface area contributed by atoms with Crippen LogP contribution in [-0.2, 0) is 16.0 Å². The fourth-order valence-electron chi connectivity index (χ4n) is 2.47. The average Bonchev–Trinajstić information content (AvgIpc) is 2.66. The number of hydrogen-bond donors (Lipinski definition) is 3. The Bertz CT molecular complexity index is 802. The molecule has 2 rings (SSSR count). The van der Waals surface area contributed by atoms with E-state index in [0.29, 0.717) is 24.1 Å². The zero-order valence-electron chi connectivity index (χ0n) is 15.0. The van der Waals surface area contributed by atoms with Crippen LogP contribution in [0.4, 0.5) is 5.69 Å². The summed E-state index contributed by atoms with van der Waals surface area (Å²) in [6, 6.07) is 14.0. The molecule has 0 saturated heterocycles. The Hall–Kier alpha value is -3.35. The summed E-state index contributed by atoms with van der Waals surface area (Å²) in [5.41, 5.74) is 1.94. The topological polar surface area (TPSA) is 105 Å². The predicted molar refractivity (Wildman–Crippen MR) is 101 cm³/mol. The quantitative estimate of drug-likeness (QED) is 0.629. The number of ether oxygens (including phenoxy) is 1. The zero-order valence-corrected chi connectivity index (χ0v) is 15.0. The summed E-state index contributed by atoms with van der Waals surface area (Å²) in [6.07, 6.45) is 0.726. The molecule has 2 aromatic carbocycles. The van der Waals surface area contributed by atoms with E-state index in [1.807, 2.05) is 24.3 Å². The van der Waals surface area contributed by atoms with Crippen molar-refractivity contribution in [1.82, 2.24) is 5.32 Å². The number of aliphatic carboxylic acids is 1. The number of amides is 2. The number of nitrogens with one attached hydrogen (secondary N) is 2. The number of carbonyl (C=O) groups excluding carboxylic acids is 2. The van der Waals surface area contributed by atoms with E-state index in [2.05, 4.69) is 10.6 Å². The highest BCUT2D eigenvalue weighted by molar-refractivity contribution is 5.96. The summed E-state index contributed by atoms with van der Waals surface area (Å²) < 4.78 is 5.27. The van der Waals surface area contributed by atoms with E-state index in [-0.39, 0.29) is 24.8 Å². The molecule has 0 aromatic heterocycles. The van der Waals surface area contributed by atoms with Gasteiger partial charge < -0.3 is 20.5 Å². The van der Waals surface area contributed by atoms with Crippen LogP contribution < -0.4 is 15.4 Å². The van der Waals surface area contributed by atoms with Crippen LogP contribution >= 0.6 is 0 Å². The summed E-state index contributed by atoms with van der Waals surface area (Å²) in [4.78, 5) is 34.4. The number of methoxy groups -OCH3 is 1. The lowest BCUT2D eigenvalue weighted by Crippen LogP contribution is -2.25. The smallest absolute Gasteiger partial charge is 0.305 e. The fourth-order valence-corrected chi connectivity index (χ4v) is 2.47. The molecular formula is C20H22N2O5. The molecule has 27 heavy (non-hydrogen) atoms. The summed E-state index contributed by atoms with van der Waals surface area (Å²) >= 11 is 0. The van der Waals surface area contributed by atoms with E-state index in [4.69, 9.17) is 9.84 Å². The third-order valence-corrected chi connectivity index (χ3v) is 3.87. The van der Waals surface area contributed by atoms with Gasteiger partial charge in [0.2, 0.25) is 5.91 Å². The van der Waals surface area contributed by atoms with Crippen molar-refractivity contribution in [2.24, 2.45) is 0 Å². The second kappa shape index (κ2) is 9.96. The van der Waals surface area contributed by atoms with Gasteiger partial charge >= 0.3 is 5.97 Å². The van der Waals surface area contributed by atoms with E-state index < -0.39 is 5.97 Å². The zero-order chi connectivity index (χ0) is 19.6. The Balaban J connectivity index is 1.84. The molecule has 0 saturated carbocycles. The van der Waals surface area contributed by atoms with Crippen molar-refractivity contribution in [3.8, 4) is 5.75 Å². The lowest BCUT2D eigenvalue weighted by atomic mass is 10.1. The van der Waals surface area contributed by atoms with Crippen molar-refractivity contribution >= 4 is 23.5 Å². The first kappa shape index (κ1) is 20.0. The number of hydrogen-bond acceptors (Lipinski definition) is 4.